The fourth-order valence-electron chi connectivity index (χ4n) is 2.52. The second kappa shape index (κ2) is 6.40. The molecule has 1 aromatic rings. The van der Waals surface area contributed by atoms with Crippen LogP contribution in [0, 0.1) is 0 Å². The van der Waals surface area contributed by atoms with Gasteiger partial charge < -0.3 is 15.3 Å². The predicted molar refractivity (Wildman–Crippen MR) is 72.0 cm³/mol. The molecule has 7 nitrogen and oxygen atoms in total. The molecular weight excluding hydrogens is 260 g/mol. The molecule has 1 fully saturated rings. The molecule has 1 aliphatic heterocycles. The molecule has 0 saturated carbocycles. The van der Waals surface area contributed by atoms with Crippen LogP contribution in [0.15, 0.2) is 12.3 Å². The second-order valence-corrected chi connectivity index (χ2v) is 5.05. The van der Waals surface area contributed by atoms with Crippen molar-refractivity contribution in [2.75, 3.05) is 6.54 Å². The zero-order valence-corrected chi connectivity index (χ0v) is 11.6. The van der Waals surface area contributed by atoms with E-state index in [-0.39, 0.29) is 18.5 Å². The smallest absolute Gasteiger partial charge is 0.317 e. The number of urea groups is 1. The number of hydrogen-bond donors (Lipinski definition) is 2. The quantitative estimate of drug-likeness (QED) is 0.860. The SMILES string of the molecule is Cn1nccc1CNC(=O)N1CCCCC1CC(=O)O. The Morgan fingerprint density at radius 3 is 2.95 bits per heavy atom. The van der Waals surface area contributed by atoms with Gasteiger partial charge in [0.25, 0.3) is 0 Å². The van der Waals surface area contributed by atoms with Crippen LogP contribution >= 0.6 is 0 Å². The van der Waals surface area contributed by atoms with Gasteiger partial charge in [-0.3, -0.25) is 9.48 Å². The zero-order chi connectivity index (χ0) is 14.5. The van der Waals surface area contributed by atoms with Crippen molar-refractivity contribution in [3.8, 4) is 0 Å². The largest absolute Gasteiger partial charge is 0.481 e. The van der Waals surface area contributed by atoms with Crippen molar-refractivity contribution >= 4 is 12.0 Å². The maximum Gasteiger partial charge on any atom is 0.317 e. The number of nitrogens with zero attached hydrogens (tertiary/aromatic N) is 3. The van der Waals surface area contributed by atoms with Crippen molar-refractivity contribution in [2.45, 2.75) is 38.3 Å². The molecule has 0 spiro atoms. The standard InChI is InChI=1S/C13H20N4O3/c1-16-11(5-6-15-16)9-14-13(20)17-7-3-2-4-10(17)8-12(18)19/h5-6,10H,2-4,7-9H2,1H3,(H,14,20)(H,18,19). The molecule has 2 heterocycles. The average molecular weight is 280 g/mol. The molecule has 2 amide bonds. The first-order valence-electron chi connectivity index (χ1n) is 6.81. The Morgan fingerprint density at radius 2 is 2.30 bits per heavy atom. The van der Waals surface area contributed by atoms with Gasteiger partial charge in [-0.1, -0.05) is 0 Å². The number of carbonyl (C=O) groups excluding carboxylic acids is 1. The van der Waals surface area contributed by atoms with Crippen molar-refractivity contribution in [3.05, 3.63) is 18.0 Å². The highest BCUT2D eigenvalue weighted by molar-refractivity contribution is 5.76. The van der Waals surface area contributed by atoms with E-state index in [1.165, 1.54) is 0 Å². The minimum atomic E-state index is -0.860. The highest BCUT2D eigenvalue weighted by atomic mass is 16.4. The van der Waals surface area contributed by atoms with Gasteiger partial charge in [0.15, 0.2) is 0 Å². The lowest BCUT2D eigenvalue weighted by Gasteiger charge is -2.34. The van der Waals surface area contributed by atoms with Crippen LogP contribution in [0.1, 0.15) is 31.4 Å². The molecule has 2 N–H and O–H groups in total. The Kier molecular flexibility index (Phi) is 4.60. The first-order valence-corrected chi connectivity index (χ1v) is 6.81. The number of piperidine rings is 1. The summed E-state index contributed by atoms with van der Waals surface area (Å²) in [5.41, 5.74) is 0.908. The molecule has 1 aromatic heterocycles. The van der Waals surface area contributed by atoms with Gasteiger partial charge in [0.1, 0.15) is 0 Å². The Labute approximate surface area is 117 Å². The summed E-state index contributed by atoms with van der Waals surface area (Å²) in [6, 6.07) is 1.44. The van der Waals surface area contributed by atoms with Crippen molar-refractivity contribution in [1.29, 1.82) is 0 Å². The lowest BCUT2D eigenvalue weighted by Crippen LogP contribution is -2.49. The lowest BCUT2D eigenvalue weighted by atomic mass is 10.00. The van der Waals surface area contributed by atoms with Gasteiger partial charge in [0.2, 0.25) is 0 Å². The van der Waals surface area contributed by atoms with Crippen LogP contribution in [-0.4, -0.2) is 44.4 Å². The predicted octanol–water partition coefficient (Wildman–Crippen LogP) is 0.959. The number of carboxylic acids is 1. The summed E-state index contributed by atoms with van der Waals surface area (Å²) in [7, 11) is 1.82. The number of carbonyl (C=O) groups is 2. The van der Waals surface area contributed by atoms with Gasteiger partial charge in [-0.2, -0.15) is 5.10 Å². The fraction of sp³-hybridized carbons (Fsp3) is 0.615. The molecule has 1 unspecified atom stereocenters. The molecule has 0 aromatic carbocycles. The number of rotatable bonds is 4. The maximum absolute atomic E-state index is 12.2. The van der Waals surface area contributed by atoms with E-state index < -0.39 is 5.97 Å². The van der Waals surface area contributed by atoms with Crippen LogP contribution in [0.4, 0.5) is 4.79 Å². The molecule has 0 bridgehead atoms. The van der Waals surface area contributed by atoms with Gasteiger partial charge in [-0.15, -0.1) is 0 Å². The minimum absolute atomic E-state index is 0.0130. The zero-order valence-electron chi connectivity index (χ0n) is 11.6. The van der Waals surface area contributed by atoms with E-state index in [1.54, 1.807) is 15.8 Å². The number of nitrogens with one attached hydrogen (secondary N) is 1. The van der Waals surface area contributed by atoms with Crippen molar-refractivity contribution in [1.82, 2.24) is 20.0 Å². The summed E-state index contributed by atoms with van der Waals surface area (Å²) < 4.78 is 1.70. The summed E-state index contributed by atoms with van der Waals surface area (Å²) in [5, 5.41) is 15.8. The van der Waals surface area contributed by atoms with Gasteiger partial charge in [-0.05, 0) is 25.3 Å². The Balaban J connectivity index is 1.92. The maximum atomic E-state index is 12.2. The summed E-state index contributed by atoms with van der Waals surface area (Å²) in [5.74, 6) is -0.860. The van der Waals surface area contributed by atoms with Gasteiger partial charge in [-0.25, -0.2) is 4.79 Å². The van der Waals surface area contributed by atoms with Crippen LogP contribution in [-0.2, 0) is 18.4 Å². The molecule has 0 aliphatic carbocycles. The van der Waals surface area contributed by atoms with Crippen molar-refractivity contribution in [2.24, 2.45) is 7.05 Å². The third kappa shape index (κ3) is 3.49. The highest BCUT2D eigenvalue weighted by Gasteiger charge is 2.28. The van der Waals surface area contributed by atoms with Gasteiger partial charge in [0, 0.05) is 25.8 Å². The van der Waals surface area contributed by atoms with Gasteiger partial charge >= 0.3 is 12.0 Å². The van der Waals surface area contributed by atoms with Gasteiger partial charge in [0.05, 0.1) is 18.7 Å². The number of aromatic nitrogens is 2. The third-order valence-corrected chi connectivity index (χ3v) is 3.64. The van der Waals surface area contributed by atoms with Crippen LogP contribution < -0.4 is 5.32 Å². The number of likely N-dealkylation sites (tertiary alicyclic amines) is 1. The third-order valence-electron chi connectivity index (χ3n) is 3.64. The Bertz CT molecular complexity index is 486. The monoisotopic (exact) mass is 280 g/mol. The minimum Gasteiger partial charge on any atom is -0.481 e. The molecule has 1 atom stereocenters. The Hall–Kier alpha value is -2.05. The fourth-order valence-corrected chi connectivity index (χ4v) is 2.52. The topological polar surface area (TPSA) is 87.5 Å². The lowest BCUT2D eigenvalue weighted by molar-refractivity contribution is -0.138. The number of aryl methyl sites for hydroxylation is 1. The molecule has 20 heavy (non-hydrogen) atoms. The molecule has 7 heteroatoms. The van der Waals surface area contributed by atoms with Crippen LogP contribution in [0.2, 0.25) is 0 Å². The first kappa shape index (κ1) is 14.4. The van der Waals surface area contributed by atoms with E-state index in [0.717, 1.165) is 25.0 Å². The summed E-state index contributed by atoms with van der Waals surface area (Å²) in [4.78, 5) is 24.7. The normalized spacial score (nSPS) is 18.9. The molecule has 2 rings (SSSR count). The van der Waals surface area contributed by atoms with E-state index in [2.05, 4.69) is 10.4 Å². The first-order chi connectivity index (χ1) is 9.58. The highest BCUT2D eigenvalue weighted by Crippen LogP contribution is 2.19. The van der Waals surface area contributed by atoms with Crippen LogP contribution in [0.3, 0.4) is 0 Å². The summed E-state index contributed by atoms with van der Waals surface area (Å²) >= 11 is 0. The molecule has 1 saturated heterocycles. The van der Waals surface area contributed by atoms with Crippen LogP contribution in [0.25, 0.3) is 0 Å². The molecule has 1 aliphatic rings. The van der Waals surface area contributed by atoms with Crippen molar-refractivity contribution < 1.29 is 14.7 Å². The molecule has 110 valence electrons. The molecule has 0 radical (unpaired) electrons. The second-order valence-electron chi connectivity index (χ2n) is 5.05. The summed E-state index contributed by atoms with van der Waals surface area (Å²) in [6.45, 7) is 1.01. The number of amides is 2. The molecular formula is C13H20N4O3. The summed E-state index contributed by atoms with van der Waals surface area (Å²) in [6.07, 6.45) is 4.35. The van der Waals surface area contributed by atoms with E-state index in [9.17, 15) is 9.59 Å². The van der Waals surface area contributed by atoms with E-state index in [1.807, 2.05) is 13.1 Å². The van der Waals surface area contributed by atoms with E-state index in [4.69, 9.17) is 5.11 Å². The van der Waals surface area contributed by atoms with Crippen molar-refractivity contribution in [3.63, 3.8) is 0 Å². The average Bonchev–Trinajstić information content (AvgIpc) is 2.81. The number of aliphatic carboxylic acids is 1. The van der Waals surface area contributed by atoms with E-state index in [0.29, 0.717) is 13.1 Å². The number of carboxylic acid groups (broad SMARTS) is 1. The van der Waals surface area contributed by atoms with Crippen LogP contribution in [0.5, 0.6) is 0 Å². The van der Waals surface area contributed by atoms with E-state index >= 15 is 0 Å². The number of hydrogen-bond acceptors (Lipinski definition) is 3. The Morgan fingerprint density at radius 1 is 1.50 bits per heavy atom.